The Kier molecular flexibility index (Phi) is 4.27. The Morgan fingerprint density at radius 1 is 1.36 bits per heavy atom. The summed E-state index contributed by atoms with van der Waals surface area (Å²) in [6.45, 7) is 3.61. The molecule has 1 nitrogen and oxygen atoms in total. The van der Waals surface area contributed by atoms with E-state index in [2.05, 4.69) is 6.58 Å². The van der Waals surface area contributed by atoms with E-state index in [0.717, 1.165) is 5.56 Å². The van der Waals surface area contributed by atoms with Crippen LogP contribution in [0.5, 0.6) is 0 Å². The summed E-state index contributed by atoms with van der Waals surface area (Å²) in [7, 11) is 0. The van der Waals surface area contributed by atoms with Gasteiger partial charge in [0.2, 0.25) is 0 Å². The van der Waals surface area contributed by atoms with Gasteiger partial charge in [0, 0.05) is 11.1 Å². The van der Waals surface area contributed by atoms with Gasteiger partial charge in [-0.2, -0.15) is 0 Å². The highest BCUT2D eigenvalue weighted by molar-refractivity contribution is 6.43. The van der Waals surface area contributed by atoms with Crippen LogP contribution in [0.15, 0.2) is 24.8 Å². The van der Waals surface area contributed by atoms with E-state index in [0.29, 0.717) is 21.5 Å². The summed E-state index contributed by atoms with van der Waals surface area (Å²) in [6, 6.07) is 3.11. The number of hydrogen-bond donors (Lipinski definition) is 1. The average molecular weight is 251 g/mol. The zero-order chi connectivity index (χ0) is 10.7. The van der Waals surface area contributed by atoms with Crippen LogP contribution in [0.2, 0.25) is 15.1 Å². The maximum Gasteiger partial charge on any atom is 0.0641 e. The molecule has 0 spiro atoms. The van der Waals surface area contributed by atoms with Crippen LogP contribution in [0.4, 0.5) is 0 Å². The summed E-state index contributed by atoms with van der Waals surface area (Å²) in [5.41, 5.74) is 6.62. The minimum Gasteiger partial charge on any atom is -0.324 e. The second-order valence-electron chi connectivity index (χ2n) is 2.92. The minimum atomic E-state index is -0.212. The van der Waals surface area contributed by atoms with Crippen molar-refractivity contribution in [3.8, 4) is 0 Å². The van der Waals surface area contributed by atoms with Gasteiger partial charge in [-0.15, -0.1) is 6.58 Å². The quantitative estimate of drug-likeness (QED) is 0.631. The van der Waals surface area contributed by atoms with Crippen LogP contribution in [0, 0.1) is 0 Å². The third kappa shape index (κ3) is 2.64. The van der Waals surface area contributed by atoms with Crippen LogP contribution in [0.1, 0.15) is 18.0 Å². The van der Waals surface area contributed by atoms with E-state index in [-0.39, 0.29) is 6.04 Å². The fourth-order valence-corrected chi connectivity index (χ4v) is 1.91. The lowest BCUT2D eigenvalue weighted by atomic mass is 10.0. The molecule has 0 fully saturated rings. The molecule has 76 valence electrons. The number of benzene rings is 1. The van der Waals surface area contributed by atoms with Crippen LogP contribution >= 0.6 is 34.8 Å². The van der Waals surface area contributed by atoms with E-state index in [1.807, 2.05) is 0 Å². The molecular weight excluding hydrogens is 240 g/mol. The van der Waals surface area contributed by atoms with Gasteiger partial charge in [-0.3, -0.25) is 0 Å². The lowest BCUT2D eigenvalue weighted by Gasteiger charge is -2.12. The van der Waals surface area contributed by atoms with Crippen molar-refractivity contribution >= 4 is 34.8 Å². The first kappa shape index (κ1) is 11.9. The van der Waals surface area contributed by atoms with Crippen LogP contribution in [-0.2, 0) is 0 Å². The molecule has 2 N–H and O–H groups in total. The highest BCUT2D eigenvalue weighted by Gasteiger charge is 2.12. The summed E-state index contributed by atoms with van der Waals surface area (Å²) in [6.07, 6.45) is 2.37. The monoisotopic (exact) mass is 249 g/mol. The second kappa shape index (κ2) is 5.04. The van der Waals surface area contributed by atoms with Gasteiger partial charge in [0.15, 0.2) is 0 Å². The summed E-state index contributed by atoms with van der Waals surface area (Å²) < 4.78 is 0. The summed E-state index contributed by atoms with van der Waals surface area (Å²) in [5.74, 6) is 0. The first-order chi connectivity index (χ1) is 6.56. The molecule has 0 amide bonds. The molecule has 0 aliphatic rings. The molecule has 0 heterocycles. The molecule has 14 heavy (non-hydrogen) atoms. The van der Waals surface area contributed by atoms with Gasteiger partial charge in [0.1, 0.15) is 0 Å². The summed E-state index contributed by atoms with van der Waals surface area (Å²) in [4.78, 5) is 0. The predicted octanol–water partition coefficient (Wildman–Crippen LogP) is 4.22. The molecular formula is C10H10Cl3N. The highest BCUT2D eigenvalue weighted by Crippen LogP contribution is 2.33. The molecule has 0 saturated carbocycles. The highest BCUT2D eigenvalue weighted by atomic mass is 35.5. The zero-order valence-electron chi connectivity index (χ0n) is 7.43. The Labute approximate surface area is 98.5 Å². The predicted molar refractivity (Wildman–Crippen MR) is 63.2 cm³/mol. The van der Waals surface area contributed by atoms with Crippen molar-refractivity contribution in [2.24, 2.45) is 5.73 Å². The van der Waals surface area contributed by atoms with E-state index in [4.69, 9.17) is 40.5 Å². The van der Waals surface area contributed by atoms with Crippen molar-refractivity contribution in [3.63, 3.8) is 0 Å². The van der Waals surface area contributed by atoms with E-state index in [9.17, 15) is 0 Å². The van der Waals surface area contributed by atoms with Crippen molar-refractivity contribution in [3.05, 3.63) is 45.4 Å². The zero-order valence-corrected chi connectivity index (χ0v) is 9.70. The topological polar surface area (TPSA) is 26.0 Å². The van der Waals surface area contributed by atoms with Crippen LogP contribution in [0.25, 0.3) is 0 Å². The molecule has 0 bridgehead atoms. The molecule has 0 saturated heterocycles. The molecule has 1 aromatic rings. The van der Waals surface area contributed by atoms with Crippen LogP contribution in [-0.4, -0.2) is 0 Å². The molecule has 4 heteroatoms. The van der Waals surface area contributed by atoms with Crippen molar-refractivity contribution < 1.29 is 0 Å². The molecule has 0 aromatic heterocycles. The van der Waals surface area contributed by atoms with E-state index in [1.54, 1.807) is 18.2 Å². The van der Waals surface area contributed by atoms with Crippen LogP contribution in [0.3, 0.4) is 0 Å². The van der Waals surface area contributed by atoms with Crippen molar-refractivity contribution in [2.75, 3.05) is 0 Å². The molecule has 1 atom stereocenters. The molecule has 1 rings (SSSR count). The first-order valence-corrected chi connectivity index (χ1v) is 5.20. The number of hydrogen-bond acceptors (Lipinski definition) is 1. The first-order valence-electron chi connectivity index (χ1n) is 4.07. The van der Waals surface area contributed by atoms with Gasteiger partial charge < -0.3 is 5.73 Å². The third-order valence-electron chi connectivity index (χ3n) is 1.84. The standard InChI is InChI=1S/C10H10Cl3N/c1-2-3-9(14)7-4-6(11)5-8(12)10(7)13/h2,4-5,9H,1,3,14H2/t9-/m1/s1. The Bertz CT molecular complexity index is 349. The van der Waals surface area contributed by atoms with Gasteiger partial charge in [0.05, 0.1) is 10.0 Å². The van der Waals surface area contributed by atoms with Gasteiger partial charge in [-0.1, -0.05) is 40.9 Å². The van der Waals surface area contributed by atoms with E-state index >= 15 is 0 Å². The molecule has 0 unspecified atom stereocenters. The van der Waals surface area contributed by atoms with Gasteiger partial charge in [0.25, 0.3) is 0 Å². The lowest BCUT2D eigenvalue weighted by Crippen LogP contribution is -2.09. The maximum absolute atomic E-state index is 5.99. The average Bonchev–Trinajstić information content (AvgIpc) is 2.11. The molecule has 0 aliphatic heterocycles. The largest absolute Gasteiger partial charge is 0.324 e. The Morgan fingerprint density at radius 2 is 2.00 bits per heavy atom. The lowest BCUT2D eigenvalue weighted by molar-refractivity contribution is 0.742. The van der Waals surface area contributed by atoms with Gasteiger partial charge in [-0.25, -0.2) is 0 Å². The van der Waals surface area contributed by atoms with E-state index in [1.165, 1.54) is 0 Å². The smallest absolute Gasteiger partial charge is 0.0641 e. The number of rotatable bonds is 3. The fraction of sp³-hybridized carbons (Fsp3) is 0.200. The normalized spacial score (nSPS) is 12.6. The van der Waals surface area contributed by atoms with Gasteiger partial charge >= 0.3 is 0 Å². The second-order valence-corrected chi connectivity index (χ2v) is 4.14. The number of nitrogens with two attached hydrogens (primary N) is 1. The third-order valence-corrected chi connectivity index (χ3v) is 2.88. The van der Waals surface area contributed by atoms with Crippen molar-refractivity contribution in [2.45, 2.75) is 12.5 Å². The van der Waals surface area contributed by atoms with E-state index < -0.39 is 0 Å². The Hall–Kier alpha value is -0.210. The Balaban J connectivity index is 3.12. The number of halogens is 3. The summed E-state index contributed by atoms with van der Waals surface area (Å²) >= 11 is 17.7. The Morgan fingerprint density at radius 3 is 2.57 bits per heavy atom. The van der Waals surface area contributed by atoms with Crippen molar-refractivity contribution in [1.29, 1.82) is 0 Å². The minimum absolute atomic E-state index is 0.212. The molecule has 0 aliphatic carbocycles. The van der Waals surface area contributed by atoms with Crippen LogP contribution < -0.4 is 5.73 Å². The van der Waals surface area contributed by atoms with Gasteiger partial charge in [-0.05, 0) is 24.1 Å². The summed E-state index contributed by atoms with van der Waals surface area (Å²) in [5, 5.41) is 1.42. The van der Waals surface area contributed by atoms with Crippen molar-refractivity contribution in [1.82, 2.24) is 0 Å². The maximum atomic E-state index is 5.99. The molecule has 1 aromatic carbocycles. The fourth-order valence-electron chi connectivity index (χ4n) is 1.15. The molecule has 0 radical (unpaired) electrons. The SMILES string of the molecule is C=CC[C@@H](N)c1cc(Cl)cc(Cl)c1Cl.